The lowest BCUT2D eigenvalue weighted by molar-refractivity contribution is 0.0658. The third-order valence-electron chi connectivity index (χ3n) is 7.23. The molecular formula is C29H29NO3. The summed E-state index contributed by atoms with van der Waals surface area (Å²) < 4.78 is 8.28. The molecule has 0 saturated heterocycles. The van der Waals surface area contributed by atoms with Gasteiger partial charge in [0.15, 0.2) is 5.78 Å². The van der Waals surface area contributed by atoms with E-state index in [-0.39, 0.29) is 18.5 Å². The molecule has 3 aromatic carbocycles. The zero-order valence-electron chi connectivity index (χ0n) is 19.3. The molecule has 0 amide bonds. The first-order valence-corrected chi connectivity index (χ1v) is 12.0. The second-order valence-corrected chi connectivity index (χ2v) is 9.63. The number of fused-ring (bicyclic) bond motifs is 10. The lowest BCUT2D eigenvalue weighted by Gasteiger charge is -2.14. The van der Waals surface area contributed by atoms with E-state index in [1.54, 1.807) is 0 Å². The molecule has 4 aromatic rings. The molecule has 0 radical (unpaired) electrons. The van der Waals surface area contributed by atoms with Crippen molar-refractivity contribution in [2.24, 2.45) is 0 Å². The van der Waals surface area contributed by atoms with Crippen molar-refractivity contribution in [2.45, 2.75) is 58.8 Å². The van der Waals surface area contributed by atoms with Gasteiger partial charge in [0.1, 0.15) is 0 Å². The van der Waals surface area contributed by atoms with E-state index in [9.17, 15) is 9.90 Å². The molecular weight excluding hydrogens is 410 g/mol. The number of ether oxygens (including phenoxy) is 1. The van der Waals surface area contributed by atoms with Crippen molar-refractivity contribution in [1.29, 1.82) is 0 Å². The Labute approximate surface area is 193 Å². The summed E-state index contributed by atoms with van der Waals surface area (Å²) in [6, 6.07) is 15.1. The van der Waals surface area contributed by atoms with E-state index in [0.717, 1.165) is 36.1 Å². The molecule has 33 heavy (non-hydrogen) atoms. The van der Waals surface area contributed by atoms with E-state index in [1.165, 1.54) is 44.1 Å². The van der Waals surface area contributed by atoms with Crippen molar-refractivity contribution in [3.63, 3.8) is 0 Å². The van der Waals surface area contributed by atoms with Gasteiger partial charge in [-0.25, -0.2) is 0 Å². The van der Waals surface area contributed by atoms with Gasteiger partial charge in [-0.15, -0.1) is 0 Å². The Balaban J connectivity index is 1.70. The van der Waals surface area contributed by atoms with Crippen LogP contribution >= 0.6 is 0 Å². The highest BCUT2D eigenvalue weighted by Crippen LogP contribution is 2.49. The molecule has 0 unspecified atom stereocenters. The Kier molecular flexibility index (Phi) is 4.89. The zero-order valence-corrected chi connectivity index (χ0v) is 19.3. The van der Waals surface area contributed by atoms with Gasteiger partial charge in [0.25, 0.3) is 0 Å². The number of carbonyl (C=O) groups excluding carboxylic acids is 1. The van der Waals surface area contributed by atoms with Crippen LogP contribution in [0.2, 0.25) is 0 Å². The van der Waals surface area contributed by atoms with Gasteiger partial charge in [-0.2, -0.15) is 0 Å². The van der Waals surface area contributed by atoms with Crippen LogP contribution in [-0.2, 0) is 30.7 Å². The molecule has 4 nitrogen and oxygen atoms in total. The van der Waals surface area contributed by atoms with E-state index in [2.05, 4.69) is 60.9 Å². The Hall–Kier alpha value is -2.95. The van der Waals surface area contributed by atoms with E-state index < -0.39 is 0 Å². The predicted molar refractivity (Wildman–Crippen MR) is 132 cm³/mol. The van der Waals surface area contributed by atoms with E-state index >= 15 is 0 Å². The summed E-state index contributed by atoms with van der Waals surface area (Å²) >= 11 is 0. The van der Waals surface area contributed by atoms with E-state index in [0.29, 0.717) is 19.4 Å². The van der Waals surface area contributed by atoms with E-state index in [1.807, 2.05) is 0 Å². The number of hydrogen-bond acceptors (Lipinski definition) is 3. The summed E-state index contributed by atoms with van der Waals surface area (Å²) in [5, 5.41) is 12.1. The molecule has 168 valence electrons. The summed E-state index contributed by atoms with van der Waals surface area (Å²) in [7, 11) is 0. The highest BCUT2D eigenvalue weighted by molar-refractivity contribution is 6.20. The number of rotatable bonds is 6. The molecule has 0 bridgehead atoms. The quantitative estimate of drug-likeness (QED) is 0.364. The highest BCUT2D eigenvalue weighted by atomic mass is 16.5. The maximum atomic E-state index is 13.2. The monoisotopic (exact) mass is 439 g/mol. The normalized spacial score (nSPS) is 14.5. The molecule has 0 fully saturated rings. The maximum Gasteiger partial charge on any atom is 0.164 e. The molecule has 0 atom stereocenters. The van der Waals surface area contributed by atoms with Gasteiger partial charge in [0, 0.05) is 47.8 Å². The molecule has 0 aliphatic heterocycles. The number of nitrogens with zero attached hydrogens (tertiary/aromatic N) is 1. The average Bonchev–Trinajstić information content (AvgIpc) is 3.47. The lowest BCUT2D eigenvalue weighted by atomic mass is 9.92. The standard InChI is InChI=1S/C29H29NO3/c1-17(2)33-16-18-8-10-24-22(14-18)27-21-9-11-25(32)28(21)26-20-7-4-3-6-19(20)15-23(26)29(27)30(24)12-5-13-31/h3-4,6-8,10,14,17,31H,5,9,11-13,15-16H2,1-2H3. The molecule has 1 aromatic heterocycles. The smallest absolute Gasteiger partial charge is 0.164 e. The van der Waals surface area contributed by atoms with Crippen molar-refractivity contribution in [1.82, 2.24) is 4.57 Å². The van der Waals surface area contributed by atoms with Gasteiger partial charge in [-0.3, -0.25) is 4.79 Å². The number of ketones is 1. The Morgan fingerprint density at radius 1 is 1.06 bits per heavy atom. The van der Waals surface area contributed by atoms with Crippen LogP contribution in [0.25, 0.3) is 32.9 Å². The van der Waals surface area contributed by atoms with Crippen molar-refractivity contribution in [2.75, 3.05) is 6.61 Å². The molecule has 1 heterocycles. The molecule has 4 heteroatoms. The summed E-state index contributed by atoms with van der Waals surface area (Å²) in [5.74, 6) is 0.274. The molecule has 1 N–H and O–H groups in total. The van der Waals surface area contributed by atoms with Crippen molar-refractivity contribution in [3.05, 3.63) is 70.3 Å². The summed E-state index contributed by atoms with van der Waals surface area (Å²) in [4.78, 5) is 13.2. The fourth-order valence-corrected chi connectivity index (χ4v) is 5.88. The third kappa shape index (κ3) is 3.08. The van der Waals surface area contributed by atoms with Gasteiger partial charge in [-0.1, -0.05) is 30.3 Å². The minimum atomic E-state index is 0.160. The number of Topliss-reactive ketones (excluding diaryl/α,β-unsaturated/α-hetero) is 1. The molecule has 0 spiro atoms. The van der Waals surface area contributed by atoms with Crippen LogP contribution in [0.1, 0.15) is 59.3 Å². The molecule has 2 aliphatic rings. The number of hydrogen-bond donors (Lipinski definition) is 1. The highest BCUT2D eigenvalue weighted by Gasteiger charge is 2.35. The van der Waals surface area contributed by atoms with Crippen LogP contribution in [0.4, 0.5) is 0 Å². The number of aliphatic hydroxyl groups is 1. The second kappa shape index (κ2) is 7.82. The third-order valence-corrected chi connectivity index (χ3v) is 7.23. The zero-order chi connectivity index (χ0) is 22.7. The first kappa shape index (κ1) is 20.6. The maximum absolute atomic E-state index is 13.2. The van der Waals surface area contributed by atoms with Crippen LogP contribution in [0.5, 0.6) is 0 Å². The number of aromatic nitrogens is 1. The lowest BCUT2D eigenvalue weighted by Crippen LogP contribution is -2.04. The molecule has 0 saturated carbocycles. The van der Waals surface area contributed by atoms with Crippen molar-refractivity contribution < 1.29 is 14.6 Å². The Morgan fingerprint density at radius 2 is 1.91 bits per heavy atom. The van der Waals surface area contributed by atoms with Crippen LogP contribution in [0.15, 0.2) is 42.5 Å². The second-order valence-electron chi connectivity index (χ2n) is 9.63. The van der Waals surface area contributed by atoms with Gasteiger partial charge in [0.05, 0.1) is 18.2 Å². The van der Waals surface area contributed by atoms with Gasteiger partial charge < -0.3 is 14.4 Å². The predicted octanol–water partition coefficient (Wildman–Crippen LogP) is 5.80. The SMILES string of the molecule is CC(C)OCc1ccc2c(c1)c1c3c(c4c(c1n2CCCO)Cc1ccccc1-4)C(=O)CC3. The first-order valence-electron chi connectivity index (χ1n) is 12.0. The minimum Gasteiger partial charge on any atom is -0.396 e. The summed E-state index contributed by atoms with van der Waals surface area (Å²) in [6.07, 6.45) is 3.11. The minimum absolute atomic E-state index is 0.160. The van der Waals surface area contributed by atoms with Crippen LogP contribution in [0.3, 0.4) is 0 Å². The number of aryl methyl sites for hydroxylation is 2. The van der Waals surface area contributed by atoms with Crippen molar-refractivity contribution in [3.8, 4) is 11.1 Å². The largest absolute Gasteiger partial charge is 0.396 e. The van der Waals surface area contributed by atoms with Gasteiger partial charge >= 0.3 is 0 Å². The van der Waals surface area contributed by atoms with Crippen LogP contribution in [-0.4, -0.2) is 28.2 Å². The molecule has 2 aliphatic carbocycles. The fraction of sp³-hybridized carbons (Fsp3) is 0.345. The number of benzene rings is 3. The average molecular weight is 440 g/mol. The topological polar surface area (TPSA) is 51.5 Å². The summed E-state index contributed by atoms with van der Waals surface area (Å²) in [5.41, 5.74) is 10.7. The number of carbonyl (C=O) groups is 1. The van der Waals surface area contributed by atoms with Gasteiger partial charge in [0.2, 0.25) is 0 Å². The van der Waals surface area contributed by atoms with E-state index in [4.69, 9.17) is 4.74 Å². The fourth-order valence-electron chi connectivity index (χ4n) is 5.88. The summed E-state index contributed by atoms with van der Waals surface area (Å²) in [6.45, 7) is 5.60. The Bertz CT molecular complexity index is 1430. The van der Waals surface area contributed by atoms with Gasteiger partial charge in [-0.05, 0) is 72.2 Å². The first-order chi connectivity index (χ1) is 16.1. The number of aliphatic hydroxyl groups excluding tert-OH is 1. The van der Waals surface area contributed by atoms with Crippen LogP contribution in [0, 0.1) is 0 Å². The van der Waals surface area contributed by atoms with Crippen molar-refractivity contribution >= 4 is 27.6 Å². The van der Waals surface area contributed by atoms with Crippen LogP contribution < -0.4 is 0 Å². The molecule has 6 rings (SSSR count). The Morgan fingerprint density at radius 3 is 2.73 bits per heavy atom.